The third-order valence-corrected chi connectivity index (χ3v) is 7.89. The number of halogens is 2. The van der Waals surface area contributed by atoms with Crippen molar-refractivity contribution >= 4 is 62.5 Å². The molecule has 0 aliphatic heterocycles. The van der Waals surface area contributed by atoms with Crippen LogP contribution >= 0.6 is 23.2 Å². The molecule has 0 saturated heterocycles. The second-order valence-electron chi connectivity index (χ2n) is 9.33. The number of nitrogens with one attached hydrogen (secondary N) is 1. The molecule has 0 spiro atoms. The fourth-order valence-electron chi connectivity index (χ4n) is 4.53. The first-order chi connectivity index (χ1) is 20.5. The van der Waals surface area contributed by atoms with E-state index in [0.29, 0.717) is 30.1 Å². The van der Waals surface area contributed by atoms with E-state index in [4.69, 9.17) is 27.6 Å². The zero-order valence-corrected chi connectivity index (χ0v) is 25.7. The number of furan rings is 1. The van der Waals surface area contributed by atoms with Crippen molar-refractivity contribution in [1.82, 2.24) is 10.2 Å². The lowest BCUT2D eigenvalue weighted by atomic mass is 10.1. The number of hydrogen-bond donors (Lipinski definition) is 2. The standard InChI is InChI=1S/C30H30Cl2N4O6S/c1-3-33-30(38)35(4-2)23-12-14-24(15-13-23)36(43(39,40)41)28-16-11-22(31)18-21(28)19-34(20-25-8-7-17-42-25)29(37)26-9-5-6-10-27(26)32/h5-18H,3-4,19-20H2,1-2H3,(H,33,38)(H,39,40,41). The van der Waals surface area contributed by atoms with Crippen molar-refractivity contribution in [3.63, 3.8) is 0 Å². The first kappa shape index (κ1) is 31.9. The van der Waals surface area contributed by atoms with E-state index in [1.165, 1.54) is 46.4 Å². The van der Waals surface area contributed by atoms with Crippen LogP contribution in [0.4, 0.5) is 21.9 Å². The van der Waals surface area contributed by atoms with Crippen LogP contribution in [-0.4, -0.2) is 42.9 Å². The Morgan fingerprint density at radius 1 is 0.907 bits per heavy atom. The van der Waals surface area contributed by atoms with Gasteiger partial charge in [0.15, 0.2) is 0 Å². The first-order valence-electron chi connectivity index (χ1n) is 13.3. The Morgan fingerprint density at radius 2 is 1.60 bits per heavy atom. The number of urea groups is 1. The van der Waals surface area contributed by atoms with Gasteiger partial charge in [0.25, 0.3) is 5.91 Å². The van der Waals surface area contributed by atoms with Gasteiger partial charge >= 0.3 is 16.3 Å². The normalized spacial score (nSPS) is 11.2. The number of amides is 3. The average molecular weight is 646 g/mol. The summed E-state index contributed by atoms with van der Waals surface area (Å²) < 4.78 is 42.3. The second kappa shape index (κ2) is 14.0. The lowest BCUT2D eigenvalue weighted by molar-refractivity contribution is 0.0718. The van der Waals surface area contributed by atoms with Gasteiger partial charge in [-0.2, -0.15) is 8.42 Å². The van der Waals surface area contributed by atoms with Gasteiger partial charge < -0.3 is 14.6 Å². The van der Waals surface area contributed by atoms with Crippen molar-refractivity contribution in [3.05, 3.63) is 112 Å². The molecule has 1 aromatic heterocycles. The summed E-state index contributed by atoms with van der Waals surface area (Å²) in [6.07, 6.45) is 1.48. The number of nitrogens with zero attached hydrogens (tertiary/aromatic N) is 3. The number of rotatable bonds is 11. The van der Waals surface area contributed by atoms with E-state index in [1.807, 2.05) is 6.92 Å². The predicted molar refractivity (Wildman–Crippen MR) is 167 cm³/mol. The summed E-state index contributed by atoms with van der Waals surface area (Å²) in [6, 6.07) is 20.2. The summed E-state index contributed by atoms with van der Waals surface area (Å²) >= 11 is 12.7. The topological polar surface area (TPSA) is 123 Å². The molecule has 4 aromatic rings. The fraction of sp³-hybridized carbons (Fsp3) is 0.200. The summed E-state index contributed by atoms with van der Waals surface area (Å²) in [5.41, 5.74) is 1.25. The van der Waals surface area contributed by atoms with Crippen LogP contribution < -0.4 is 14.5 Å². The van der Waals surface area contributed by atoms with Crippen LogP contribution in [0, 0.1) is 0 Å². The van der Waals surface area contributed by atoms with E-state index in [1.54, 1.807) is 55.5 Å². The van der Waals surface area contributed by atoms with E-state index in [0.717, 1.165) is 4.31 Å². The molecule has 0 atom stereocenters. The molecular formula is C30H30Cl2N4O6S. The Labute approximate surface area is 260 Å². The summed E-state index contributed by atoms with van der Waals surface area (Å²) in [6.45, 7) is 4.35. The highest BCUT2D eigenvalue weighted by atomic mass is 35.5. The van der Waals surface area contributed by atoms with Gasteiger partial charge in [-0.25, -0.2) is 9.10 Å². The summed E-state index contributed by atoms with van der Waals surface area (Å²) in [7, 11) is -4.88. The van der Waals surface area contributed by atoms with Gasteiger partial charge in [-0.3, -0.25) is 14.2 Å². The van der Waals surface area contributed by atoms with Gasteiger partial charge in [-0.1, -0.05) is 35.3 Å². The molecule has 13 heteroatoms. The summed E-state index contributed by atoms with van der Waals surface area (Å²) in [5.74, 6) is 0.0551. The SMILES string of the molecule is CCNC(=O)N(CC)c1ccc(N(c2ccc(Cl)cc2CN(Cc2ccco2)C(=O)c2ccccc2Cl)S(=O)(=O)O)cc1. The quantitative estimate of drug-likeness (QED) is 0.171. The van der Waals surface area contributed by atoms with Crippen LogP contribution in [0.3, 0.4) is 0 Å². The maximum atomic E-state index is 13.7. The van der Waals surface area contributed by atoms with Crippen LogP contribution in [0.1, 0.15) is 35.5 Å². The van der Waals surface area contributed by atoms with Crippen LogP contribution in [0.15, 0.2) is 89.5 Å². The van der Waals surface area contributed by atoms with Crippen LogP contribution in [0.5, 0.6) is 0 Å². The third-order valence-electron chi connectivity index (χ3n) is 6.46. The number of hydrogen-bond acceptors (Lipinski definition) is 5. The monoisotopic (exact) mass is 644 g/mol. The highest BCUT2D eigenvalue weighted by Crippen LogP contribution is 2.35. The van der Waals surface area contributed by atoms with E-state index in [2.05, 4.69) is 5.32 Å². The number of benzene rings is 3. The Kier molecular flexibility index (Phi) is 10.4. The third kappa shape index (κ3) is 7.68. The Bertz CT molecular complexity index is 1680. The van der Waals surface area contributed by atoms with Gasteiger partial charge in [0, 0.05) is 30.3 Å². The van der Waals surface area contributed by atoms with E-state index in [-0.39, 0.29) is 46.1 Å². The molecule has 0 unspecified atom stereocenters. The van der Waals surface area contributed by atoms with E-state index < -0.39 is 16.2 Å². The maximum Gasteiger partial charge on any atom is 0.364 e. The molecule has 4 rings (SSSR count). The molecule has 10 nitrogen and oxygen atoms in total. The van der Waals surface area contributed by atoms with Crippen molar-refractivity contribution in [3.8, 4) is 0 Å². The Hall–Kier alpha value is -4.03. The van der Waals surface area contributed by atoms with Gasteiger partial charge in [-0.15, -0.1) is 0 Å². The average Bonchev–Trinajstić information content (AvgIpc) is 3.48. The molecule has 1 heterocycles. The molecule has 0 aliphatic rings. The molecule has 3 amide bonds. The van der Waals surface area contributed by atoms with Crippen molar-refractivity contribution in [2.24, 2.45) is 0 Å². The minimum Gasteiger partial charge on any atom is -0.467 e. The lowest BCUT2D eigenvalue weighted by Gasteiger charge is -2.28. The summed E-state index contributed by atoms with van der Waals surface area (Å²) in [4.78, 5) is 29.1. The largest absolute Gasteiger partial charge is 0.467 e. The van der Waals surface area contributed by atoms with Crippen molar-refractivity contribution < 1.29 is 27.0 Å². The van der Waals surface area contributed by atoms with Crippen molar-refractivity contribution in [2.45, 2.75) is 26.9 Å². The maximum absolute atomic E-state index is 13.7. The number of carbonyl (C=O) groups is 2. The molecule has 3 aromatic carbocycles. The van der Waals surface area contributed by atoms with Crippen molar-refractivity contribution in [2.75, 3.05) is 22.3 Å². The minimum absolute atomic E-state index is 0.0380. The highest BCUT2D eigenvalue weighted by Gasteiger charge is 2.28. The zero-order valence-electron chi connectivity index (χ0n) is 23.4. The first-order valence-corrected chi connectivity index (χ1v) is 15.5. The smallest absolute Gasteiger partial charge is 0.364 e. The molecule has 0 bridgehead atoms. The van der Waals surface area contributed by atoms with Gasteiger partial charge in [0.1, 0.15) is 5.76 Å². The molecule has 43 heavy (non-hydrogen) atoms. The van der Waals surface area contributed by atoms with Crippen LogP contribution in [-0.2, 0) is 23.4 Å². The molecule has 0 fully saturated rings. The Balaban J connectivity index is 1.76. The van der Waals surface area contributed by atoms with Crippen LogP contribution in [0.2, 0.25) is 10.0 Å². The summed E-state index contributed by atoms with van der Waals surface area (Å²) in [5, 5.41) is 3.27. The second-order valence-corrected chi connectivity index (χ2v) is 11.4. The molecule has 0 radical (unpaired) electrons. The van der Waals surface area contributed by atoms with Crippen molar-refractivity contribution in [1.29, 1.82) is 0 Å². The lowest BCUT2D eigenvalue weighted by Crippen LogP contribution is -2.39. The molecule has 0 aliphatic carbocycles. The highest BCUT2D eigenvalue weighted by molar-refractivity contribution is 7.87. The molecule has 226 valence electrons. The molecular weight excluding hydrogens is 615 g/mol. The number of anilines is 3. The van der Waals surface area contributed by atoms with Gasteiger partial charge in [-0.05, 0) is 86.1 Å². The molecule has 2 N–H and O–H groups in total. The van der Waals surface area contributed by atoms with Crippen LogP contribution in [0.25, 0.3) is 0 Å². The predicted octanol–water partition coefficient (Wildman–Crippen LogP) is 6.93. The zero-order chi connectivity index (χ0) is 31.1. The number of carbonyl (C=O) groups excluding carboxylic acids is 2. The Morgan fingerprint density at radius 3 is 2.21 bits per heavy atom. The van der Waals surface area contributed by atoms with Gasteiger partial charge in [0.05, 0.1) is 34.8 Å². The molecule has 0 saturated carbocycles. The fourth-order valence-corrected chi connectivity index (χ4v) is 5.76. The van der Waals surface area contributed by atoms with Gasteiger partial charge in [0.2, 0.25) is 0 Å². The van der Waals surface area contributed by atoms with E-state index >= 15 is 0 Å². The minimum atomic E-state index is -4.88. The van der Waals surface area contributed by atoms with E-state index in [9.17, 15) is 22.6 Å².